The molecule has 4 nitrogen and oxygen atoms in total. The number of anilines is 2. The van der Waals surface area contributed by atoms with Crippen molar-refractivity contribution in [2.75, 3.05) is 11.9 Å². The van der Waals surface area contributed by atoms with E-state index < -0.39 is 0 Å². The lowest BCUT2D eigenvalue weighted by molar-refractivity contribution is 0.645. The molecule has 1 aromatic heterocycles. The van der Waals surface area contributed by atoms with E-state index in [-0.39, 0.29) is 0 Å². The van der Waals surface area contributed by atoms with Crippen LogP contribution in [0.1, 0.15) is 16.8 Å². The van der Waals surface area contributed by atoms with Gasteiger partial charge in [-0.3, -0.25) is 0 Å². The van der Waals surface area contributed by atoms with Gasteiger partial charge in [0.05, 0.1) is 17.6 Å². The van der Waals surface area contributed by atoms with E-state index in [4.69, 9.17) is 0 Å². The highest BCUT2D eigenvalue weighted by molar-refractivity contribution is 5.65. The summed E-state index contributed by atoms with van der Waals surface area (Å²) in [5.74, 6) is 0. The third-order valence-corrected chi connectivity index (χ3v) is 3.33. The molecule has 18 heavy (non-hydrogen) atoms. The van der Waals surface area contributed by atoms with Crippen molar-refractivity contribution in [1.29, 1.82) is 0 Å². The Hall–Kier alpha value is -1.94. The number of hydrogen-bond acceptors (Lipinski definition) is 4. The lowest BCUT2D eigenvalue weighted by Crippen LogP contribution is -2.24. The van der Waals surface area contributed by atoms with Gasteiger partial charge in [-0.15, -0.1) is 0 Å². The fourth-order valence-corrected chi connectivity index (χ4v) is 2.29. The van der Waals surface area contributed by atoms with Crippen LogP contribution in [0.2, 0.25) is 0 Å². The van der Waals surface area contributed by atoms with E-state index in [1.165, 1.54) is 11.1 Å². The Morgan fingerprint density at radius 3 is 3.11 bits per heavy atom. The summed E-state index contributed by atoms with van der Waals surface area (Å²) in [6.45, 7) is 3.97. The number of aromatic nitrogens is 2. The molecule has 0 unspecified atom stereocenters. The van der Waals surface area contributed by atoms with Crippen LogP contribution < -0.4 is 10.6 Å². The first-order valence-corrected chi connectivity index (χ1v) is 6.20. The quantitative estimate of drug-likeness (QED) is 0.844. The standard InChI is InChI=1S/C14H16N4/c1-10-14(8-16-9-17-10)18-13-4-2-3-11-5-6-15-7-12(11)13/h2-4,8-9,15,18H,5-7H2,1H3. The van der Waals surface area contributed by atoms with Crippen molar-refractivity contribution in [2.45, 2.75) is 19.9 Å². The first kappa shape index (κ1) is 11.2. The summed E-state index contributed by atoms with van der Waals surface area (Å²) in [7, 11) is 0. The number of benzene rings is 1. The first-order valence-electron chi connectivity index (χ1n) is 6.20. The van der Waals surface area contributed by atoms with Crippen molar-refractivity contribution in [3.63, 3.8) is 0 Å². The van der Waals surface area contributed by atoms with Crippen molar-refractivity contribution in [1.82, 2.24) is 15.3 Å². The summed E-state index contributed by atoms with van der Waals surface area (Å²) in [4.78, 5) is 8.26. The minimum absolute atomic E-state index is 0.922. The van der Waals surface area contributed by atoms with Crippen molar-refractivity contribution in [3.8, 4) is 0 Å². The van der Waals surface area contributed by atoms with Crippen molar-refractivity contribution in [3.05, 3.63) is 47.5 Å². The molecular formula is C14H16N4. The highest BCUT2D eigenvalue weighted by atomic mass is 15.0. The molecular weight excluding hydrogens is 224 g/mol. The van der Waals surface area contributed by atoms with E-state index in [0.717, 1.165) is 36.6 Å². The first-order chi connectivity index (χ1) is 8.84. The van der Waals surface area contributed by atoms with Crippen LogP contribution >= 0.6 is 0 Å². The van der Waals surface area contributed by atoms with Gasteiger partial charge in [0.2, 0.25) is 0 Å². The molecule has 0 aliphatic carbocycles. The summed E-state index contributed by atoms with van der Waals surface area (Å²) in [5.41, 5.74) is 5.86. The number of rotatable bonds is 2. The van der Waals surface area contributed by atoms with E-state index in [2.05, 4.69) is 38.8 Å². The number of nitrogens with zero attached hydrogens (tertiary/aromatic N) is 2. The van der Waals surface area contributed by atoms with Crippen LogP contribution in [-0.2, 0) is 13.0 Å². The summed E-state index contributed by atoms with van der Waals surface area (Å²) < 4.78 is 0. The molecule has 92 valence electrons. The highest BCUT2D eigenvalue weighted by Crippen LogP contribution is 2.26. The van der Waals surface area contributed by atoms with Crippen molar-refractivity contribution in [2.24, 2.45) is 0 Å². The van der Waals surface area contributed by atoms with Gasteiger partial charge in [-0.1, -0.05) is 12.1 Å². The molecule has 0 amide bonds. The lowest BCUT2D eigenvalue weighted by atomic mass is 9.99. The van der Waals surface area contributed by atoms with Gasteiger partial charge in [-0.25, -0.2) is 9.97 Å². The van der Waals surface area contributed by atoms with Gasteiger partial charge in [-0.05, 0) is 37.1 Å². The van der Waals surface area contributed by atoms with Crippen LogP contribution in [0.3, 0.4) is 0 Å². The van der Waals surface area contributed by atoms with Gasteiger partial charge < -0.3 is 10.6 Å². The van der Waals surface area contributed by atoms with Gasteiger partial charge in [-0.2, -0.15) is 0 Å². The largest absolute Gasteiger partial charge is 0.353 e. The molecule has 1 aromatic carbocycles. The zero-order chi connectivity index (χ0) is 12.4. The summed E-state index contributed by atoms with van der Waals surface area (Å²) in [5, 5.41) is 6.85. The van der Waals surface area contributed by atoms with Gasteiger partial charge >= 0.3 is 0 Å². The van der Waals surface area contributed by atoms with Gasteiger partial charge in [0.25, 0.3) is 0 Å². The predicted molar refractivity (Wildman–Crippen MR) is 71.9 cm³/mol. The molecule has 0 fully saturated rings. The SMILES string of the molecule is Cc1ncncc1Nc1cccc2c1CNCC2. The normalized spacial score (nSPS) is 14.1. The number of nitrogens with one attached hydrogen (secondary N) is 2. The highest BCUT2D eigenvalue weighted by Gasteiger charge is 2.12. The van der Waals surface area contributed by atoms with Crippen LogP contribution in [0.15, 0.2) is 30.7 Å². The molecule has 1 aliphatic heterocycles. The lowest BCUT2D eigenvalue weighted by Gasteiger charge is -2.21. The molecule has 0 saturated carbocycles. The van der Waals surface area contributed by atoms with Crippen LogP contribution in [0.4, 0.5) is 11.4 Å². The fourth-order valence-electron chi connectivity index (χ4n) is 2.29. The fraction of sp³-hybridized carbons (Fsp3) is 0.286. The van der Waals surface area contributed by atoms with E-state index >= 15 is 0 Å². The Morgan fingerprint density at radius 1 is 1.28 bits per heavy atom. The maximum atomic E-state index is 4.20. The van der Waals surface area contributed by atoms with Gasteiger partial charge in [0.15, 0.2) is 0 Å². The number of aryl methyl sites for hydroxylation is 1. The minimum Gasteiger partial charge on any atom is -0.353 e. The van der Waals surface area contributed by atoms with Crippen LogP contribution in [0, 0.1) is 6.92 Å². The summed E-state index contributed by atoms with van der Waals surface area (Å²) >= 11 is 0. The molecule has 0 saturated heterocycles. The summed E-state index contributed by atoms with van der Waals surface area (Å²) in [6.07, 6.45) is 4.48. The number of hydrogen-bond donors (Lipinski definition) is 2. The van der Waals surface area contributed by atoms with Crippen LogP contribution in [-0.4, -0.2) is 16.5 Å². The van der Waals surface area contributed by atoms with Crippen molar-refractivity contribution >= 4 is 11.4 Å². The molecule has 0 bridgehead atoms. The summed E-state index contributed by atoms with van der Waals surface area (Å²) in [6, 6.07) is 6.42. The van der Waals surface area contributed by atoms with Crippen molar-refractivity contribution < 1.29 is 0 Å². The molecule has 2 N–H and O–H groups in total. The maximum absolute atomic E-state index is 4.20. The Balaban J connectivity index is 1.96. The average Bonchev–Trinajstić information content (AvgIpc) is 2.42. The minimum atomic E-state index is 0.922. The predicted octanol–water partition coefficient (Wildman–Crippen LogP) is 2.17. The molecule has 1 aliphatic rings. The van der Waals surface area contributed by atoms with Crippen LogP contribution in [0.5, 0.6) is 0 Å². The Kier molecular flexibility index (Phi) is 2.94. The molecule has 2 aromatic rings. The van der Waals surface area contributed by atoms with E-state index in [0.29, 0.717) is 0 Å². The zero-order valence-electron chi connectivity index (χ0n) is 10.4. The molecule has 2 heterocycles. The van der Waals surface area contributed by atoms with Crippen LogP contribution in [0.25, 0.3) is 0 Å². The number of fused-ring (bicyclic) bond motifs is 1. The zero-order valence-corrected chi connectivity index (χ0v) is 10.4. The third kappa shape index (κ3) is 2.07. The maximum Gasteiger partial charge on any atom is 0.115 e. The van der Waals surface area contributed by atoms with Gasteiger partial charge in [0, 0.05) is 12.2 Å². The second-order valence-electron chi connectivity index (χ2n) is 4.52. The Bertz CT molecular complexity index is 565. The monoisotopic (exact) mass is 240 g/mol. The molecule has 3 rings (SSSR count). The molecule has 4 heteroatoms. The topological polar surface area (TPSA) is 49.8 Å². The Morgan fingerprint density at radius 2 is 2.22 bits per heavy atom. The third-order valence-electron chi connectivity index (χ3n) is 3.33. The molecule has 0 spiro atoms. The second kappa shape index (κ2) is 4.74. The van der Waals surface area contributed by atoms with E-state index in [1.807, 2.05) is 13.1 Å². The van der Waals surface area contributed by atoms with E-state index in [1.54, 1.807) is 6.33 Å². The molecule has 0 radical (unpaired) electrons. The van der Waals surface area contributed by atoms with E-state index in [9.17, 15) is 0 Å². The smallest absolute Gasteiger partial charge is 0.115 e. The average molecular weight is 240 g/mol. The van der Waals surface area contributed by atoms with Gasteiger partial charge in [0.1, 0.15) is 6.33 Å². The Labute approximate surface area is 106 Å². The molecule has 0 atom stereocenters. The second-order valence-corrected chi connectivity index (χ2v) is 4.52.